The minimum atomic E-state index is -3.36. The molecule has 6 aliphatic heterocycles. The van der Waals surface area contributed by atoms with Gasteiger partial charge in [-0.05, 0) is 63.1 Å². The molecule has 111 heavy (non-hydrogen) atoms. The fourth-order valence-electron chi connectivity index (χ4n) is 13.0. The lowest BCUT2D eigenvalue weighted by molar-refractivity contribution is -0.149. The monoisotopic (exact) mass is 1680 g/mol. The molecule has 3 saturated heterocycles. The van der Waals surface area contributed by atoms with Crippen LogP contribution in [0.2, 0.25) is 15.1 Å². The normalized spacial score (nSPS) is 20.7. The van der Waals surface area contributed by atoms with E-state index in [9.17, 15) is 50.7 Å². The maximum atomic E-state index is 15.1. The first-order chi connectivity index (χ1) is 53.0. The molecule has 0 saturated carbocycles. The number of amidine groups is 3. The molecule has 3 aromatic carbocycles. The number of carboxylic acids is 1. The first-order valence-electron chi connectivity index (χ1n) is 34.5. The molecule has 4 N–H and O–H groups in total. The number of ether oxygens (including phenoxy) is 5. The lowest BCUT2D eigenvalue weighted by atomic mass is 9.94. The van der Waals surface area contributed by atoms with Crippen molar-refractivity contribution in [2.75, 3.05) is 98.5 Å². The number of hydrogen-bond acceptors (Lipinski definition) is 27. The van der Waals surface area contributed by atoms with Crippen molar-refractivity contribution in [2.24, 2.45) is 15.0 Å². The molecule has 0 radical (unpaired) electrons. The van der Waals surface area contributed by atoms with E-state index in [0.29, 0.717) is 85.7 Å². The van der Waals surface area contributed by atoms with Crippen LogP contribution in [0.4, 0.5) is 30.7 Å². The summed E-state index contributed by atoms with van der Waals surface area (Å²) in [6.45, 7) is 5.04. The Balaban J connectivity index is 0.000000177. The van der Waals surface area contributed by atoms with Gasteiger partial charge in [-0.15, -0.1) is 34.0 Å². The van der Waals surface area contributed by atoms with Gasteiger partial charge in [-0.1, -0.05) is 53.0 Å². The fourth-order valence-corrected chi connectivity index (χ4v) is 16.8. The lowest BCUT2D eigenvalue weighted by Crippen LogP contribution is -2.57. The molecular weight excluding hydrogens is 1600 g/mol. The second kappa shape index (κ2) is 39.1. The number of thiazole rings is 3. The number of carbonyl (C=O) groups excluding carboxylic acids is 5. The van der Waals surface area contributed by atoms with Crippen molar-refractivity contribution in [1.82, 2.24) is 45.6 Å². The molecular formula is C73H76Cl3F7N12O12S4. The Hall–Kier alpha value is -8.07. The first-order valence-corrected chi connectivity index (χ1v) is 39.4. The predicted octanol–water partition coefficient (Wildman–Crippen LogP) is 12.1. The zero-order valence-electron chi connectivity index (χ0n) is 60.2. The van der Waals surface area contributed by atoms with E-state index in [-0.39, 0.29) is 96.2 Å². The number of carbonyl (C=O) groups is 6. The summed E-state index contributed by atoms with van der Waals surface area (Å²) in [5.74, 6) is -9.23. The second-order valence-corrected chi connectivity index (χ2v) is 31.1. The molecule has 24 nitrogen and oxygen atoms in total. The van der Waals surface area contributed by atoms with E-state index >= 15 is 8.78 Å². The molecule has 38 heteroatoms. The summed E-state index contributed by atoms with van der Waals surface area (Å²) in [6.07, 6.45) is 2.73. The van der Waals surface area contributed by atoms with Crippen LogP contribution in [-0.2, 0) is 52.5 Å². The molecule has 9 heterocycles. The molecule has 1 unspecified atom stereocenters. The van der Waals surface area contributed by atoms with Gasteiger partial charge in [-0.3, -0.25) is 39.3 Å². The maximum Gasteiger partial charge on any atom is 0.338 e. The van der Waals surface area contributed by atoms with E-state index < -0.39 is 108 Å². The van der Waals surface area contributed by atoms with E-state index in [0.717, 1.165) is 43.5 Å². The molecule has 594 valence electrons. The smallest absolute Gasteiger partial charge is 0.338 e. The number of methoxy groups -OCH3 is 3. The van der Waals surface area contributed by atoms with Crippen molar-refractivity contribution in [2.45, 2.75) is 101 Å². The first kappa shape index (κ1) is 85.4. The summed E-state index contributed by atoms with van der Waals surface area (Å²) < 4.78 is 126. The third-order valence-electron chi connectivity index (χ3n) is 18.2. The average molecular weight is 1680 g/mol. The molecule has 6 aliphatic rings. The van der Waals surface area contributed by atoms with Gasteiger partial charge in [0.05, 0.1) is 76.4 Å². The largest absolute Gasteiger partial charge is 0.481 e. The Labute approximate surface area is 664 Å². The van der Waals surface area contributed by atoms with Crippen molar-refractivity contribution in [3.63, 3.8) is 0 Å². The van der Waals surface area contributed by atoms with Crippen LogP contribution in [0.5, 0.6) is 0 Å². The predicted molar refractivity (Wildman–Crippen MR) is 407 cm³/mol. The van der Waals surface area contributed by atoms with Crippen LogP contribution in [0, 0.1) is 17.5 Å². The highest BCUT2D eigenvalue weighted by molar-refractivity contribution is 7.99. The zero-order chi connectivity index (χ0) is 79.8. The van der Waals surface area contributed by atoms with Gasteiger partial charge in [0.15, 0.2) is 32.5 Å². The highest BCUT2D eigenvalue weighted by Gasteiger charge is 2.47. The summed E-state index contributed by atoms with van der Waals surface area (Å²) in [4.78, 5) is 106. The summed E-state index contributed by atoms with van der Waals surface area (Å²) in [5, 5.41) is 25.7. The van der Waals surface area contributed by atoms with Crippen LogP contribution >= 0.6 is 80.6 Å². The lowest BCUT2D eigenvalue weighted by Gasteiger charge is -2.40. The van der Waals surface area contributed by atoms with Crippen molar-refractivity contribution in [3.05, 3.63) is 187 Å². The number of carboxylic acid groups (broad SMARTS) is 1. The number of aromatic nitrogens is 3. The quantitative estimate of drug-likeness (QED) is 0.0223. The Kier molecular flexibility index (Phi) is 30.1. The minimum absolute atomic E-state index is 0.0344. The number of hydrogen-bond donors (Lipinski definition) is 4. The van der Waals surface area contributed by atoms with Gasteiger partial charge in [0.1, 0.15) is 53.6 Å². The average Bonchev–Trinajstić information content (AvgIpc) is 1.54. The number of nitrogens with one attached hydrogen (secondary N) is 3. The summed E-state index contributed by atoms with van der Waals surface area (Å²) in [6, 6.07) is 7.64. The molecule has 0 bridgehead atoms. The van der Waals surface area contributed by atoms with Gasteiger partial charge in [0.2, 0.25) is 0 Å². The van der Waals surface area contributed by atoms with Gasteiger partial charge in [0, 0.05) is 160 Å². The van der Waals surface area contributed by atoms with Crippen molar-refractivity contribution >= 4 is 134 Å². The molecule has 0 spiro atoms. The Morgan fingerprint density at radius 3 is 1.45 bits per heavy atom. The highest BCUT2D eigenvalue weighted by Crippen LogP contribution is 2.42. The molecule has 0 aliphatic carbocycles. The number of benzene rings is 3. The van der Waals surface area contributed by atoms with E-state index in [4.69, 9.17) is 68.6 Å². The molecule has 12 rings (SSSR count). The number of aliphatic carboxylic acids is 1. The van der Waals surface area contributed by atoms with Crippen LogP contribution in [0.25, 0.3) is 0 Å². The number of nitrogens with zero attached hydrogens (tertiary/aromatic N) is 9. The van der Waals surface area contributed by atoms with Crippen LogP contribution in [-0.4, -0.2) is 216 Å². The SMILES string of the molecule is COC(=O)C1=C(CN2CCOCC2C(F)(F)CC(C)=O)NC(c2nccs2)=N[C@H]1c1ccc(F)cc1Cl.COC(=O)C1=C(CN2CCO[C@H](CCC(F)(F)CC(=O)O)C2)NC(c2nccs2)=N[C@H]1c1ccc(F)cc1Cl.COC(=O)C1=C(CN2CCSC[C@H]2CCC(C)=O)NC(c2nccs2)=N[C@H]1c1ccc(F)cc1Cl. The molecule has 3 aromatic heterocycles. The van der Waals surface area contributed by atoms with Gasteiger partial charge in [-0.2, -0.15) is 11.8 Å². The van der Waals surface area contributed by atoms with Crippen LogP contribution < -0.4 is 16.0 Å². The zero-order valence-corrected chi connectivity index (χ0v) is 65.8. The van der Waals surface area contributed by atoms with Gasteiger partial charge in [0.25, 0.3) is 11.8 Å². The van der Waals surface area contributed by atoms with Crippen molar-refractivity contribution < 1.29 is 88.3 Å². The number of morpholine rings is 2. The second-order valence-electron chi connectivity index (χ2n) is 26.0. The van der Waals surface area contributed by atoms with Gasteiger partial charge >= 0.3 is 23.9 Å². The van der Waals surface area contributed by atoms with Crippen LogP contribution in [0.1, 0.15) is 102 Å². The molecule has 6 aromatic rings. The fraction of sp³-hybridized carbons (Fsp3) is 0.425. The summed E-state index contributed by atoms with van der Waals surface area (Å²) >= 11 is 25.0. The minimum Gasteiger partial charge on any atom is -0.481 e. The van der Waals surface area contributed by atoms with Crippen molar-refractivity contribution in [1.29, 1.82) is 0 Å². The third-order valence-corrected chi connectivity index (χ3v) is 22.6. The van der Waals surface area contributed by atoms with E-state index in [1.54, 1.807) is 42.3 Å². The number of esters is 3. The topological polar surface area (TPSA) is 290 Å². The van der Waals surface area contributed by atoms with E-state index in [1.165, 1.54) is 96.6 Å². The van der Waals surface area contributed by atoms with Gasteiger partial charge < -0.3 is 49.5 Å². The van der Waals surface area contributed by atoms with E-state index in [1.807, 2.05) is 22.0 Å². The van der Waals surface area contributed by atoms with Crippen LogP contribution in [0.15, 0.2) is 138 Å². The van der Waals surface area contributed by atoms with Crippen molar-refractivity contribution in [3.8, 4) is 0 Å². The third kappa shape index (κ3) is 22.5. The highest BCUT2D eigenvalue weighted by atomic mass is 35.5. The Morgan fingerprint density at radius 2 is 1.05 bits per heavy atom. The number of rotatable bonds is 26. The standard InChI is InChI=1S/C25H26ClF3N4O5S.C24H24ClF3N4O4S.C24H26ClFN4O3S2/c1-37-24(36)20-18(13-33-7-8-38-15(12-33)4-5-25(28,29)11-19(34)35)31-22(23-30-6-9-39-23)32-21(20)16-3-2-14(27)10-17(16)26;1-13(33)10-24(27,28)18-12-36-7-6-32(18)11-17-19(23(34)35-2)20(15-4-3-14(26)9-16(15)25)31-21(30-17)22-29-5-8-37-22;1-14(31)3-5-16-13-34-10-8-30(16)12-19-20(24(32)33-2)21(17-6-4-15(26)11-18(17)25)29-22(28-19)23-27-7-9-35-23/h2-3,6,9-10,15,21H,4-5,7-8,11-13H2,1H3,(H,31,32)(H,34,35);3-5,8-9,18,20H,6-7,10-12H2,1-2H3,(H,30,31);4,6-7,9,11,16,21H,3,5,8,10,12-13H2,1-2H3,(H,28,29)/t15-,21+;18?,20-;16-,21+/m101/s1. The van der Waals surface area contributed by atoms with Crippen LogP contribution in [0.3, 0.4) is 0 Å². The Morgan fingerprint density at radius 1 is 0.595 bits per heavy atom. The number of thioether (sulfide) groups is 1. The Bertz CT molecular complexity index is 4560. The number of ketones is 2. The number of alkyl halides is 4. The number of Topliss-reactive ketones (excluding diaryl/α,β-unsaturated/α-hetero) is 2. The summed E-state index contributed by atoms with van der Waals surface area (Å²) in [5.41, 5.74) is 3.10. The maximum absolute atomic E-state index is 15.1. The molecule has 0 amide bonds. The summed E-state index contributed by atoms with van der Waals surface area (Å²) in [7, 11) is 3.75. The molecule has 6 atom stereocenters. The number of halogens is 10. The van der Waals surface area contributed by atoms with Gasteiger partial charge in [-0.25, -0.2) is 60.1 Å². The van der Waals surface area contributed by atoms with E-state index in [2.05, 4.69) is 45.8 Å². The molecule has 3 fully saturated rings. The number of aliphatic imine (C=N–C) groups is 3.